The molecule has 0 saturated carbocycles. The Hall–Kier alpha value is -1.72. The van der Waals surface area contributed by atoms with Crippen LogP contribution in [-0.4, -0.2) is 12.7 Å². The van der Waals surface area contributed by atoms with Crippen molar-refractivity contribution >= 4 is 34.5 Å². The van der Waals surface area contributed by atoms with Gasteiger partial charge in [0, 0.05) is 29.0 Å². The average molecular weight is 308 g/mol. The quantitative estimate of drug-likeness (QED) is 0.875. The van der Waals surface area contributed by atoms with Crippen molar-refractivity contribution in [3.05, 3.63) is 39.0 Å². The summed E-state index contributed by atoms with van der Waals surface area (Å²) in [7, 11) is 0. The van der Waals surface area contributed by atoms with Gasteiger partial charge in [0.05, 0.1) is 4.34 Å². The summed E-state index contributed by atoms with van der Waals surface area (Å²) in [4.78, 5) is 13.0. The van der Waals surface area contributed by atoms with Gasteiger partial charge < -0.3 is 14.8 Å². The summed E-state index contributed by atoms with van der Waals surface area (Å²) >= 11 is 7.52. The second-order valence-corrected chi connectivity index (χ2v) is 6.49. The molecule has 0 fully saturated rings. The third kappa shape index (κ3) is 1.85. The zero-order valence-corrected chi connectivity index (χ0v) is 11.9. The van der Waals surface area contributed by atoms with E-state index < -0.39 is 0 Å². The van der Waals surface area contributed by atoms with Gasteiger partial charge in [-0.1, -0.05) is 11.6 Å². The molecule has 1 aromatic carbocycles. The first-order valence-corrected chi connectivity index (χ1v) is 7.39. The smallest absolute Gasteiger partial charge is 0.231 e. The van der Waals surface area contributed by atoms with Crippen molar-refractivity contribution in [1.82, 2.24) is 0 Å². The second-order valence-electron chi connectivity index (χ2n) is 4.74. The molecule has 1 amide bonds. The highest BCUT2D eigenvalue weighted by molar-refractivity contribution is 7.16. The van der Waals surface area contributed by atoms with E-state index in [2.05, 4.69) is 5.32 Å². The van der Waals surface area contributed by atoms with Crippen LogP contribution in [-0.2, 0) is 4.79 Å². The van der Waals surface area contributed by atoms with E-state index in [9.17, 15) is 4.79 Å². The zero-order valence-electron chi connectivity index (χ0n) is 10.3. The Morgan fingerprint density at radius 2 is 2.05 bits per heavy atom. The molecule has 0 aliphatic carbocycles. The Bertz CT molecular complexity index is 712. The summed E-state index contributed by atoms with van der Waals surface area (Å²) in [5.74, 6) is 1.43. The van der Waals surface area contributed by atoms with Crippen molar-refractivity contribution in [2.45, 2.75) is 12.3 Å². The number of halogens is 1. The van der Waals surface area contributed by atoms with Crippen LogP contribution >= 0.6 is 22.9 Å². The van der Waals surface area contributed by atoms with Gasteiger partial charge in [0.2, 0.25) is 12.7 Å². The van der Waals surface area contributed by atoms with E-state index in [1.54, 1.807) is 0 Å². The first kappa shape index (κ1) is 12.1. The topological polar surface area (TPSA) is 47.6 Å². The number of nitrogens with one attached hydrogen (secondary N) is 1. The number of hydrogen-bond donors (Lipinski definition) is 1. The lowest BCUT2D eigenvalue weighted by atomic mass is 9.89. The van der Waals surface area contributed by atoms with Crippen molar-refractivity contribution < 1.29 is 14.3 Å². The van der Waals surface area contributed by atoms with Crippen LogP contribution in [0.25, 0.3) is 0 Å². The van der Waals surface area contributed by atoms with E-state index in [1.165, 1.54) is 11.3 Å². The van der Waals surface area contributed by atoms with Crippen LogP contribution in [0.4, 0.5) is 5.69 Å². The summed E-state index contributed by atoms with van der Waals surface area (Å²) in [6.07, 6.45) is 0.420. The minimum absolute atomic E-state index is 0.00545. The fourth-order valence-corrected chi connectivity index (χ4v) is 3.80. The Labute approximate surface area is 124 Å². The molecule has 0 radical (unpaired) electrons. The Morgan fingerprint density at radius 1 is 1.25 bits per heavy atom. The molecule has 4 nitrogen and oxygen atoms in total. The molecule has 102 valence electrons. The van der Waals surface area contributed by atoms with Crippen molar-refractivity contribution in [3.63, 3.8) is 0 Å². The number of hydrogen-bond acceptors (Lipinski definition) is 4. The number of fused-ring (bicyclic) bond motifs is 2. The normalized spacial score (nSPS) is 19.6. The summed E-state index contributed by atoms with van der Waals surface area (Å²) in [5.41, 5.74) is 1.84. The maximum absolute atomic E-state index is 11.9. The first-order valence-electron chi connectivity index (χ1n) is 6.19. The van der Waals surface area contributed by atoms with E-state index in [-0.39, 0.29) is 18.6 Å². The Morgan fingerprint density at radius 3 is 2.80 bits per heavy atom. The van der Waals surface area contributed by atoms with Crippen molar-refractivity contribution in [1.29, 1.82) is 0 Å². The summed E-state index contributed by atoms with van der Waals surface area (Å²) in [6.45, 7) is 0.224. The molecule has 4 rings (SSSR count). The number of anilines is 1. The standard InChI is InChI=1S/C14H10ClNO3S/c15-13-2-1-12(20-13)8-4-14(17)16-9-5-11-10(3-7(8)9)18-6-19-11/h1-3,5,8H,4,6H2,(H,16,17)/t8-/m1/s1. The van der Waals surface area contributed by atoms with Crippen LogP contribution < -0.4 is 14.8 Å². The van der Waals surface area contributed by atoms with E-state index in [4.69, 9.17) is 21.1 Å². The van der Waals surface area contributed by atoms with Gasteiger partial charge in [-0.05, 0) is 23.8 Å². The Kier molecular flexibility index (Phi) is 2.65. The fraction of sp³-hybridized carbons (Fsp3) is 0.214. The van der Waals surface area contributed by atoms with E-state index in [0.717, 1.165) is 26.2 Å². The van der Waals surface area contributed by atoms with Crippen LogP contribution in [0, 0.1) is 0 Å². The van der Waals surface area contributed by atoms with Crippen molar-refractivity contribution in [2.24, 2.45) is 0 Å². The number of carbonyl (C=O) groups is 1. The highest BCUT2D eigenvalue weighted by Gasteiger charge is 2.30. The monoisotopic (exact) mass is 307 g/mol. The molecule has 1 atom stereocenters. The van der Waals surface area contributed by atoms with Crippen LogP contribution in [0.3, 0.4) is 0 Å². The highest BCUT2D eigenvalue weighted by Crippen LogP contribution is 2.46. The van der Waals surface area contributed by atoms with Crippen LogP contribution in [0.15, 0.2) is 24.3 Å². The number of carbonyl (C=O) groups excluding carboxylic acids is 1. The molecule has 1 aromatic heterocycles. The van der Waals surface area contributed by atoms with Gasteiger partial charge in [0.1, 0.15) is 0 Å². The predicted molar refractivity (Wildman–Crippen MR) is 77.0 cm³/mol. The van der Waals surface area contributed by atoms with Gasteiger partial charge in [-0.3, -0.25) is 4.79 Å². The number of benzene rings is 1. The lowest BCUT2D eigenvalue weighted by Gasteiger charge is -2.25. The van der Waals surface area contributed by atoms with Gasteiger partial charge in [0.25, 0.3) is 0 Å². The van der Waals surface area contributed by atoms with Crippen LogP contribution in [0.5, 0.6) is 11.5 Å². The molecule has 1 N–H and O–H groups in total. The number of thiophene rings is 1. The first-order chi connectivity index (χ1) is 9.70. The van der Waals surface area contributed by atoms with Gasteiger partial charge in [-0.25, -0.2) is 0 Å². The highest BCUT2D eigenvalue weighted by atomic mass is 35.5. The molecular formula is C14H10ClNO3S. The van der Waals surface area contributed by atoms with E-state index in [1.807, 2.05) is 24.3 Å². The number of rotatable bonds is 1. The van der Waals surface area contributed by atoms with Crippen molar-refractivity contribution in [3.8, 4) is 11.5 Å². The molecule has 0 bridgehead atoms. The summed E-state index contributed by atoms with van der Waals surface area (Å²) < 4.78 is 11.5. The third-order valence-corrected chi connectivity index (χ3v) is 4.87. The van der Waals surface area contributed by atoms with Gasteiger partial charge in [-0.15, -0.1) is 11.3 Å². The molecule has 6 heteroatoms. The minimum Gasteiger partial charge on any atom is -0.454 e. The molecular weight excluding hydrogens is 298 g/mol. The lowest BCUT2D eigenvalue weighted by molar-refractivity contribution is -0.116. The zero-order chi connectivity index (χ0) is 13.7. The largest absolute Gasteiger partial charge is 0.454 e. The third-order valence-electron chi connectivity index (χ3n) is 3.52. The molecule has 2 aromatic rings. The summed E-state index contributed by atoms with van der Waals surface area (Å²) in [6, 6.07) is 7.62. The van der Waals surface area contributed by atoms with Gasteiger partial charge >= 0.3 is 0 Å². The second kappa shape index (κ2) is 4.40. The number of amides is 1. The fourth-order valence-electron chi connectivity index (χ4n) is 2.62. The minimum atomic E-state index is 0.00545. The molecule has 20 heavy (non-hydrogen) atoms. The maximum atomic E-state index is 11.9. The molecule has 2 aliphatic heterocycles. The maximum Gasteiger partial charge on any atom is 0.231 e. The Balaban J connectivity index is 1.85. The lowest BCUT2D eigenvalue weighted by Crippen LogP contribution is -2.23. The predicted octanol–water partition coefficient (Wildman–Crippen LogP) is 3.60. The van der Waals surface area contributed by atoms with Crippen molar-refractivity contribution in [2.75, 3.05) is 12.1 Å². The van der Waals surface area contributed by atoms with E-state index >= 15 is 0 Å². The van der Waals surface area contributed by atoms with Crippen LogP contribution in [0.1, 0.15) is 22.8 Å². The number of ether oxygens (including phenoxy) is 2. The molecule has 0 saturated heterocycles. The van der Waals surface area contributed by atoms with Gasteiger partial charge in [0.15, 0.2) is 11.5 Å². The molecule has 0 unspecified atom stereocenters. The SMILES string of the molecule is O=C1C[C@@H](c2ccc(Cl)s2)c2cc3c(cc2N1)OCO3. The van der Waals surface area contributed by atoms with E-state index in [0.29, 0.717) is 12.2 Å². The molecule has 0 spiro atoms. The van der Waals surface area contributed by atoms with Crippen LogP contribution in [0.2, 0.25) is 4.34 Å². The average Bonchev–Trinajstić information content (AvgIpc) is 3.03. The van der Waals surface area contributed by atoms with Gasteiger partial charge in [-0.2, -0.15) is 0 Å². The molecule has 2 aliphatic rings. The summed E-state index contributed by atoms with van der Waals surface area (Å²) in [5, 5.41) is 2.89. The molecule has 3 heterocycles.